The summed E-state index contributed by atoms with van der Waals surface area (Å²) in [5.41, 5.74) is 3.50. The van der Waals surface area contributed by atoms with Crippen molar-refractivity contribution in [2.24, 2.45) is 0 Å². The van der Waals surface area contributed by atoms with Gasteiger partial charge >= 0.3 is 6.09 Å². The van der Waals surface area contributed by atoms with Gasteiger partial charge in [-0.1, -0.05) is 18.2 Å². The molecule has 3 aromatic rings. The predicted molar refractivity (Wildman–Crippen MR) is 88.7 cm³/mol. The fourth-order valence-corrected chi connectivity index (χ4v) is 2.82. The van der Waals surface area contributed by atoms with Gasteiger partial charge in [-0.05, 0) is 12.1 Å². The number of benzene rings is 1. The molecule has 1 N–H and O–H groups in total. The zero-order valence-electron chi connectivity index (χ0n) is 13.1. The monoisotopic (exact) mass is 321 g/mol. The molecule has 0 bridgehead atoms. The molecule has 1 aliphatic heterocycles. The Hall–Kier alpha value is -3.22. The molecule has 1 amide bonds. The molecule has 7 heteroatoms. The third-order valence-corrected chi connectivity index (χ3v) is 4.01. The largest absolute Gasteiger partial charge is 0.453 e. The number of carbonyl (C=O) groups excluding carboxylic acids is 1. The lowest BCUT2D eigenvalue weighted by Crippen LogP contribution is -2.24. The van der Waals surface area contributed by atoms with Crippen LogP contribution in [-0.4, -0.2) is 33.1 Å². The lowest BCUT2D eigenvalue weighted by molar-refractivity contribution is 0.123. The van der Waals surface area contributed by atoms with E-state index in [9.17, 15) is 4.79 Å². The Morgan fingerprint density at radius 3 is 2.96 bits per heavy atom. The van der Waals surface area contributed by atoms with E-state index in [4.69, 9.17) is 4.74 Å². The third-order valence-electron chi connectivity index (χ3n) is 4.01. The summed E-state index contributed by atoms with van der Waals surface area (Å²) in [4.78, 5) is 26.3. The summed E-state index contributed by atoms with van der Waals surface area (Å²) in [5, 5.41) is 4.33. The zero-order chi connectivity index (χ0) is 16.5. The molecule has 120 valence electrons. The van der Waals surface area contributed by atoms with Gasteiger partial charge in [-0.2, -0.15) is 0 Å². The first kappa shape index (κ1) is 14.4. The molecule has 0 unspecified atom stereocenters. The number of nitrogens with one attached hydrogen (secondary N) is 1. The van der Waals surface area contributed by atoms with Crippen LogP contribution in [0.5, 0.6) is 0 Å². The number of aromatic nitrogens is 3. The van der Waals surface area contributed by atoms with Crippen molar-refractivity contribution in [3.8, 4) is 0 Å². The van der Waals surface area contributed by atoms with Gasteiger partial charge in [0.25, 0.3) is 0 Å². The molecule has 0 saturated carbocycles. The van der Waals surface area contributed by atoms with Crippen LogP contribution in [-0.2, 0) is 17.8 Å². The summed E-state index contributed by atoms with van der Waals surface area (Å²) in [6.07, 6.45) is 2.90. The first-order chi connectivity index (χ1) is 11.7. The van der Waals surface area contributed by atoms with Gasteiger partial charge in [0.2, 0.25) is 0 Å². The predicted octanol–water partition coefficient (Wildman–Crippen LogP) is 2.85. The number of ether oxygens (including phenoxy) is 1. The van der Waals surface area contributed by atoms with Crippen LogP contribution in [0.1, 0.15) is 11.3 Å². The van der Waals surface area contributed by atoms with E-state index >= 15 is 0 Å². The van der Waals surface area contributed by atoms with Crippen LogP contribution < -0.4 is 5.32 Å². The van der Waals surface area contributed by atoms with Crippen LogP contribution in [0.25, 0.3) is 10.9 Å². The van der Waals surface area contributed by atoms with E-state index in [0.29, 0.717) is 18.9 Å². The van der Waals surface area contributed by atoms with Crippen LogP contribution in [0, 0.1) is 0 Å². The van der Waals surface area contributed by atoms with Crippen LogP contribution in [0.3, 0.4) is 0 Å². The van der Waals surface area contributed by atoms with Crippen molar-refractivity contribution in [3.05, 3.63) is 54.1 Å². The van der Waals surface area contributed by atoms with Gasteiger partial charge in [0.15, 0.2) is 0 Å². The molecule has 0 spiro atoms. The molecular formula is C17H15N5O2. The summed E-state index contributed by atoms with van der Waals surface area (Å²) >= 11 is 0. The Kier molecular flexibility index (Phi) is 3.45. The molecule has 0 radical (unpaired) electrons. The quantitative estimate of drug-likeness (QED) is 0.782. The second-order valence-corrected chi connectivity index (χ2v) is 5.52. The molecule has 2 aromatic heterocycles. The Morgan fingerprint density at radius 1 is 1.21 bits per heavy atom. The lowest BCUT2D eigenvalue weighted by atomic mass is 10.2. The second-order valence-electron chi connectivity index (χ2n) is 5.52. The smallest absolute Gasteiger partial charge is 0.410 e. The Balaban J connectivity index is 1.64. The summed E-state index contributed by atoms with van der Waals surface area (Å²) in [5.74, 6) is 0.684. The molecule has 3 heterocycles. The number of rotatable bonds is 2. The van der Waals surface area contributed by atoms with Crippen molar-refractivity contribution in [3.63, 3.8) is 0 Å². The van der Waals surface area contributed by atoms with E-state index in [-0.39, 0.29) is 6.09 Å². The van der Waals surface area contributed by atoms with Crippen molar-refractivity contribution in [2.45, 2.75) is 13.1 Å². The first-order valence-electron chi connectivity index (χ1n) is 7.52. The number of para-hydroxylation sites is 1. The van der Waals surface area contributed by atoms with Crippen molar-refractivity contribution in [1.82, 2.24) is 19.9 Å². The van der Waals surface area contributed by atoms with E-state index in [1.165, 1.54) is 13.4 Å². The molecule has 1 aliphatic rings. The van der Waals surface area contributed by atoms with Crippen molar-refractivity contribution >= 4 is 28.5 Å². The number of hydrogen-bond donors (Lipinski definition) is 1. The van der Waals surface area contributed by atoms with Crippen LogP contribution in [0.4, 0.5) is 16.3 Å². The maximum atomic E-state index is 11.7. The zero-order valence-corrected chi connectivity index (χ0v) is 13.1. The molecule has 0 aliphatic carbocycles. The molecule has 0 saturated heterocycles. The number of nitrogens with zero attached hydrogens (tertiary/aromatic N) is 4. The van der Waals surface area contributed by atoms with E-state index in [2.05, 4.69) is 20.3 Å². The second kappa shape index (κ2) is 5.77. The molecule has 24 heavy (non-hydrogen) atoms. The van der Waals surface area contributed by atoms with Gasteiger partial charge in [-0.15, -0.1) is 0 Å². The van der Waals surface area contributed by atoms with Gasteiger partial charge in [-0.25, -0.2) is 14.8 Å². The lowest BCUT2D eigenvalue weighted by Gasteiger charge is -2.13. The number of anilines is 2. The standard InChI is InChI=1S/C17H15N5O2/c1-24-17(23)22-8-13-15(9-22)19-10-20-16(13)21-12-6-11-4-2-3-5-14(11)18-7-12/h2-7,10H,8-9H2,1H3,(H,19,20,21). The summed E-state index contributed by atoms with van der Waals surface area (Å²) < 4.78 is 4.78. The number of amides is 1. The maximum Gasteiger partial charge on any atom is 0.410 e. The molecule has 0 fully saturated rings. The maximum absolute atomic E-state index is 11.7. The first-order valence-corrected chi connectivity index (χ1v) is 7.52. The Labute approximate surface area is 138 Å². The van der Waals surface area contributed by atoms with Crippen molar-refractivity contribution in [1.29, 1.82) is 0 Å². The van der Waals surface area contributed by atoms with Gasteiger partial charge in [0.1, 0.15) is 12.1 Å². The number of carbonyl (C=O) groups is 1. The number of methoxy groups -OCH3 is 1. The number of hydrogen-bond acceptors (Lipinski definition) is 6. The molecule has 0 atom stereocenters. The van der Waals surface area contributed by atoms with Crippen molar-refractivity contribution < 1.29 is 9.53 Å². The molecular weight excluding hydrogens is 306 g/mol. The number of pyridine rings is 1. The summed E-state index contributed by atoms with van der Waals surface area (Å²) in [6, 6.07) is 9.93. The molecule has 1 aromatic carbocycles. The minimum absolute atomic E-state index is 0.369. The third kappa shape index (κ3) is 2.50. The van der Waals surface area contributed by atoms with Gasteiger partial charge in [-0.3, -0.25) is 9.88 Å². The van der Waals surface area contributed by atoms with Crippen LogP contribution >= 0.6 is 0 Å². The highest BCUT2D eigenvalue weighted by Crippen LogP contribution is 2.29. The SMILES string of the molecule is COC(=O)N1Cc2ncnc(Nc3cnc4ccccc4c3)c2C1. The normalized spacial score (nSPS) is 13.0. The summed E-state index contributed by atoms with van der Waals surface area (Å²) in [6.45, 7) is 0.849. The van der Waals surface area contributed by atoms with Crippen LogP contribution in [0.15, 0.2) is 42.9 Å². The molecule has 7 nitrogen and oxygen atoms in total. The van der Waals surface area contributed by atoms with Gasteiger partial charge < -0.3 is 10.1 Å². The van der Waals surface area contributed by atoms with Crippen LogP contribution in [0.2, 0.25) is 0 Å². The number of fused-ring (bicyclic) bond motifs is 2. The minimum Gasteiger partial charge on any atom is -0.453 e. The van der Waals surface area contributed by atoms with E-state index in [1.54, 1.807) is 11.1 Å². The van der Waals surface area contributed by atoms with Crippen molar-refractivity contribution in [2.75, 3.05) is 12.4 Å². The fourth-order valence-electron chi connectivity index (χ4n) is 2.82. The Morgan fingerprint density at radius 2 is 2.08 bits per heavy atom. The van der Waals surface area contributed by atoms with E-state index < -0.39 is 0 Å². The van der Waals surface area contributed by atoms with E-state index in [0.717, 1.165) is 27.8 Å². The highest BCUT2D eigenvalue weighted by Gasteiger charge is 2.27. The Bertz CT molecular complexity index is 928. The average Bonchev–Trinajstić information content (AvgIpc) is 3.06. The minimum atomic E-state index is -0.369. The fraction of sp³-hybridized carbons (Fsp3) is 0.176. The summed E-state index contributed by atoms with van der Waals surface area (Å²) in [7, 11) is 1.37. The highest BCUT2D eigenvalue weighted by molar-refractivity contribution is 5.82. The van der Waals surface area contributed by atoms with E-state index in [1.807, 2.05) is 30.3 Å². The topological polar surface area (TPSA) is 80.2 Å². The molecule has 4 rings (SSSR count). The highest BCUT2D eigenvalue weighted by atomic mass is 16.5. The van der Waals surface area contributed by atoms with Gasteiger partial charge in [0, 0.05) is 10.9 Å². The average molecular weight is 321 g/mol. The van der Waals surface area contributed by atoms with Gasteiger partial charge in [0.05, 0.1) is 43.3 Å².